The normalized spacial score (nSPS) is 17.3. The lowest BCUT2D eigenvalue weighted by atomic mass is 9.93. The van der Waals surface area contributed by atoms with E-state index in [4.69, 9.17) is 4.74 Å². The third kappa shape index (κ3) is 2.20. The zero-order chi connectivity index (χ0) is 13.5. The number of hydrogen-bond acceptors (Lipinski definition) is 2. The summed E-state index contributed by atoms with van der Waals surface area (Å²) in [5, 5.41) is 7.60. The molecule has 1 aliphatic heterocycles. The van der Waals surface area contributed by atoms with Crippen LogP contribution in [-0.4, -0.2) is 12.7 Å². The lowest BCUT2D eigenvalue weighted by Gasteiger charge is -2.15. The van der Waals surface area contributed by atoms with Crippen LogP contribution in [0.15, 0.2) is 54.6 Å². The predicted molar refractivity (Wildman–Crippen MR) is 85.9 cm³/mol. The van der Waals surface area contributed by atoms with E-state index in [1.165, 1.54) is 21.5 Å². The van der Waals surface area contributed by atoms with Crippen LogP contribution in [0.2, 0.25) is 0 Å². The van der Waals surface area contributed by atoms with Gasteiger partial charge in [-0.25, -0.2) is 4.79 Å². The maximum absolute atomic E-state index is 11.4. The molecular weight excluding hydrogens is 286 g/mol. The fourth-order valence-corrected chi connectivity index (χ4v) is 2.96. The Hall–Kier alpha value is -2.26. The Bertz CT molecular complexity index is 777. The number of benzene rings is 3. The quantitative estimate of drug-likeness (QED) is 0.684. The molecule has 1 aliphatic rings. The minimum absolute atomic E-state index is 0. The van der Waals surface area contributed by atoms with E-state index < -0.39 is 0 Å². The number of carbonyl (C=O) groups excluding carboxylic acids is 1. The number of alkyl carbamates (subject to hydrolysis) is 1. The van der Waals surface area contributed by atoms with Gasteiger partial charge in [0.25, 0.3) is 0 Å². The van der Waals surface area contributed by atoms with Gasteiger partial charge in [-0.1, -0.05) is 48.5 Å². The highest BCUT2D eigenvalue weighted by Crippen LogP contribution is 2.34. The number of rotatable bonds is 1. The average molecular weight is 300 g/mol. The molecule has 4 rings (SSSR count). The third-order valence-electron chi connectivity index (χ3n) is 3.83. The second-order valence-corrected chi connectivity index (χ2v) is 5.03. The zero-order valence-electron chi connectivity index (χ0n) is 11.2. The second kappa shape index (κ2) is 5.26. The second-order valence-electron chi connectivity index (χ2n) is 5.03. The monoisotopic (exact) mass is 299 g/mol. The van der Waals surface area contributed by atoms with E-state index in [-0.39, 0.29) is 24.5 Å². The number of carbonyl (C=O) groups is 1. The maximum Gasteiger partial charge on any atom is 0.407 e. The summed E-state index contributed by atoms with van der Waals surface area (Å²) in [6, 6.07) is 18.6. The van der Waals surface area contributed by atoms with Crippen molar-refractivity contribution in [3.8, 4) is 0 Å². The Morgan fingerprint density at radius 1 is 0.952 bits per heavy atom. The predicted octanol–water partition coefficient (Wildman–Crippen LogP) is 4.20. The van der Waals surface area contributed by atoms with E-state index in [0.717, 1.165) is 5.56 Å². The molecule has 0 aliphatic carbocycles. The van der Waals surface area contributed by atoms with Crippen LogP contribution in [0.3, 0.4) is 0 Å². The molecule has 106 valence electrons. The van der Waals surface area contributed by atoms with Crippen molar-refractivity contribution in [3.63, 3.8) is 0 Å². The fraction of sp³-hybridized carbons (Fsp3) is 0.118. The molecule has 3 nitrogen and oxygen atoms in total. The number of halogens is 1. The van der Waals surface area contributed by atoms with Gasteiger partial charge < -0.3 is 10.1 Å². The summed E-state index contributed by atoms with van der Waals surface area (Å²) < 4.78 is 5.07. The summed E-state index contributed by atoms with van der Waals surface area (Å²) >= 11 is 0. The minimum atomic E-state index is -0.341. The van der Waals surface area contributed by atoms with Crippen LogP contribution in [0.5, 0.6) is 0 Å². The Kier molecular flexibility index (Phi) is 3.43. The van der Waals surface area contributed by atoms with Crippen LogP contribution in [0.4, 0.5) is 4.79 Å². The topological polar surface area (TPSA) is 38.3 Å². The zero-order valence-corrected chi connectivity index (χ0v) is 12.0. The van der Waals surface area contributed by atoms with Gasteiger partial charge in [-0.3, -0.25) is 0 Å². The van der Waals surface area contributed by atoms with Gasteiger partial charge in [-0.2, -0.15) is 0 Å². The molecule has 1 saturated heterocycles. The first-order valence-electron chi connectivity index (χ1n) is 6.66. The molecule has 1 heterocycles. The maximum atomic E-state index is 11.4. The molecule has 0 saturated carbocycles. The Morgan fingerprint density at radius 3 is 2.05 bits per heavy atom. The van der Waals surface area contributed by atoms with Gasteiger partial charge >= 0.3 is 6.09 Å². The molecule has 1 fully saturated rings. The van der Waals surface area contributed by atoms with Crippen molar-refractivity contribution in [2.24, 2.45) is 0 Å². The van der Waals surface area contributed by atoms with Crippen molar-refractivity contribution in [2.45, 2.75) is 6.04 Å². The van der Waals surface area contributed by atoms with Crippen molar-refractivity contribution < 1.29 is 9.53 Å². The van der Waals surface area contributed by atoms with Gasteiger partial charge in [0.2, 0.25) is 0 Å². The van der Waals surface area contributed by atoms with Gasteiger partial charge in [0, 0.05) is 0 Å². The molecule has 1 amide bonds. The van der Waals surface area contributed by atoms with Crippen molar-refractivity contribution in [1.29, 1.82) is 0 Å². The first kappa shape index (κ1) is 13.7. The molecule has 1 atom stereocenters. The summed E-state index contributed by atoms with van der Waals surface area (Å²) in [6.07, 6.45) is -0.341. The molecule has 0 aromatic heterocycles. The van der Waals surface area contributed by atoms with Gasteiger partial charge in [0.05, 0.1) is 6.04 Å². The number of amides is 1. The Labute approximate surface area is 128 Å². The van der Waals surface area contributed by atoms with E-state index >= 15 is 0 Å². The molecule has 0 radical (unpaired) electrons. The molecular formula is C17H14ClNO2. The van der Waals surface area contributed by atoms with Crippen LogP contribution >= 0.6 is 12.4 Å². The smallest absolute Gasteiger partial charge is 0.407 e. The molecule has 0 bridgehead atoms. The molecule has 3 aromatic rings. The SMILES string of the molecule is Cl.O=C1N[C@@H](c2c3ccccc3cc3ccccc23)CO1. The highest BCUT2D eigenvalue weighted by molar-refractivity contribution is 6.03. The summed E-state index contributed by atoms with van der Waals surface area (Å²) in [7, 11) is 0. The minimum Gasteiger partial charge on any atom is -0.447 e. The molecule has 1 N–H and O–H groups in total. The van der Waals surface area contributed by atoms with Crippen LogP contribution < -0.4 is 5.32 Å². The van der Waals surface area contributed by atoms with E-state index in [9.17, 15) is 4.79 Å². The first-order valence-corrected chi connectivity index (χ1v) is 6.66. The standard InChI is InChI=1S/C17H13NO2.ClH/c19-17-18-15(10-20-17)16-13-7-3-1-5-11(13)9-12-6-2-4-8-14(12)16;/h1-9,15H,10H2,(H,18,19);1H/t15-;/m1./s1. The average Bonchev–Trinajstić information content (AvgIpc) is 2.91. The number of ether oxygens (including phenoxy) is 1. The van der Waals surface area contributed by atoms with Gasteiger partial charge in [-0.05, 0) is 33.2 Å². The molecule has 4 heteroatoms. The Balaban J connectivity index is 0.00000132. The van der Waals surface area contributed by atoms with Gasteiger partial charge in [0.1, 0.15) is 6.61 Å². The van der Waals surface area contributed by atoms with Gasteiger partial charge in [-0.15, -0.1) is 12.4 Å². The van der Waals surface area contributed by atoms with Crippen molar-refractivity contribution in [3.05, 3.63) is 60.2 Å². The van der Waals surface area contributed by atoms with Gasteiger partial charge in [0.15, 0.2) is 0 Å². The Morgan fingerprint density at radius 2 is 1.52 bits per heavy atom. The number of hydrogen-bond donors (Lipinski definition) is 1. The molecule has 21 heavy (non-hydrogen) atoms. The van der Waals surface area contributed by atoms with Crippen LogP contribution in [0, 0.1) is 0 Å². The summed E-state index contributed by atoms with van der Waals surface area (Å²) in [6.45, 7) is 0.386. The van der Waals surface area contributed by atoms with Crippen molar-refractivity contribution >= 4 is 40.0 Å². The van der Waals surface area contributed by atoms with Crippen LogP contribution in [0.1, 0.15) is 11.6 Å². The third-order valence-corrected chi connectivity index (χ3v) is 3.83. The number of fused-ring (bicyclic) bond motifs is 2. The number of cyclic esters (lactones) is 1. The van der Waals surface area contributed by atoms with Crippen LogP contribution in [-0.2, 0) is 4.74 Å². The van der Waals surface area contributed by atoms with Crippen LogP contribution in [0.25, 0.3) is 21.5 Å². The lowest BCUT2D eigenvalue weighted by molar-refractivity contribution is 0.177. The lowest BCUT2D eigenvalue weighted by Crippen LogP contribution is -2.18. The van der Waals surface area contributed by atoms with E-state index in [0.29, 0.717) is 6.61 Å². The molecule has 3 aromatic carbocycles. The van der Waals surface area contributed by atoms with E-state index in [1.807, 2.05) is 24.3 Å². The van der Waals surface area contributed by atoms with Crippen molar-refractivity contribution in [1.82, 2.24) is 5.32 Å². The fourth-order valence-electron chi connectivity index (χ4n) is 2.96. The summed E-state index contributed by atoms with van der Waals surface area (Å²) in [5.41, 5.74) is 1.14. The van der Waals surface area contributed by atoms with E-state index in [2.05, 4.69) is 35.6 Å². The summed E-state index contributed by atoms with van der Waals surface area (Å²) in [4.78, 5) is 11.4. The molecule has 0 unspecified atom stereocenters. The van der Waals surface area contributed by atoms with Crippen molar-refractivity contribution in [2.75, 3.05) is 6.61 Å². The largest absolute Gasteiger partial charge is 0.447 e. The van der Waals surface area contributed by atoms with E-state index in [1.54, 1.807) is 0 Å². The first-order chi connectivity index (χ1) is 9.83. The number of nitrogens with one attached hydrogen (secondary N) is 1. The highest BCUT2D eigenvalue weighted by atomic mass is 35.5. The highest BCUT2D eigenvalue weighted by Gasteiger charge is 2.26. The summed E-state index contributed by atoms with van der Waals surface area (Å²) in [5.74, 6) is 0. The molecule has 0 spiro atoms.